The maximum atomic E-state index is 8.69. The normalized spacial score (nSPS) is 9.00. The molecule has 64 valence electrons. The lowest BCUT2D eigenvalue weighted by Gasteiger charge is -2.03. The van der Waals surface area contributed by atoms with Crippen molar-refractivity contribution in [3.63, 3.8) is 0 Å². The van der Waals surface area contributed by atoms with E-state index >= 15 is 0 Å². The third kappa shape index (κ3) is 1.58. The van der Waals surface area contributed by atoms with Crippen LogP contribution >= 0.6 is 23.2 Å². The van der Waals surface area contributed by atoms with Gasteiger partial charge in [0, 0.05) is 0 Å². The third-order valence-electron chi connectivity index (χ3n) is 1.55. The summed E-state index contributed by atoms with van der Waals surface area (Å²) in [5.41, 5.74) is 0.863. The Bertz CT molecular complexity index is 402. The van der Waals surface area contributed by atoms with Gasteiger partial charge < -0.3 is 0 Å². The molecule has 1 rings (SSSR count). The topological polar surface area (TPSA) is 41.0 Å². The summed E-state index contributed by atoms with van der Waals surface area (Å²) in [5.74, 6) is 0. The zero-order valence-corrected chi connectivity index (χ0v) is 8.11. The summed E-state index contributed by atoms with van der Waals surface area (Å²) in [5, 5.41) is 8.77. The minimum Gasteiger partial charge on any atom is -0.235 e. The predicted molar refractivity (Wildman–Crippen MR) is 50.0 cm³/mol. The van der Waals surface area contributed by atoms with E-state index in [2.05, 4.69) is 9.83 Å². The molecule has 0 N–H and O–H groups in total. The van der Waals surface area contributed by atoms with E-state index in [0.29, 0.717) is 5.56 Å². The minimum absolute atomic E-state index is 0.0384. The molecule has 0 aliphatic heterocycles. The van der Waals surface area contributed by atoms with E-state index in [1.54, 1.807) is 6.92 Å². The molecule has 0 aliphatic rings. The standard InChI is InChI=1S/C8H3Cl2N3/c1-4-5(3-11)7(9)13-8(10)6(4)12-2/h1H3. The van der Waals surface area contributed by atoms with Gasteiger partial charge in [-0.05, 0) is 12.5 Å². The first kappa shape index (κ1) is 9.80. The molecule has 0 saturated heterocycles. The molecule has 0 aliphatic carbocycles. The third-order valence-corrected chi connectivity index (χ3v) is 2.09. The van der Waals surface area contributed by atoms with Crippen LogP contribution in [-0.2, 0) is 0 Å². The molecule has 1 aromatic rings. The molecule has 0 unspecified atom stereocenters. The summed E-state index contributed by atoms with van der Waals surface area (Å²) < 4.78 is 0. The van der Waals surface area contributed by atoms with Crippen LogP contribution in [0.25, 0.3) is 4.85 Å². The Labute approximate surface area is 85.3 Å². The number of aromatic nitrogens is 1. The zero-order valence-electron chi connectivity index (χ0n) is 6.60. The highest BCUT2D eigenvalue weighted by Crippen LogP contribution is 2.32. The number of nitriles is 1. The van der Waals surface area contributed by atoms with Crippen LogP contribution < -0.4 is 0 Å². The van der Waals surface area contributed by atoms with E-state index in [4.69, 9.17) is 35.0 Å². The lowest BCUT2D eigenvalue weighted by Crippen LogP contribution is -1.89. The summed E-state index contributed by atoms with van der Waals surface area (Å²) in [6.45, 7) is 8.43. The number of hydrogen-bond acceptors (Lipinski definition) is 2. The highest BCUT2D eigenvalue weighted by atomic mass is 35.5. The van der Waals surface area contributed by atoms with E-state index in [9.17, 15) is 0 Å². The predicted octanol–water partition coefficient (Wildman–Crippen LogP) is 3.12. The fraction of sp³-hybridized carbons (Fsp3) is 0.125. The second-order valence-electron chi connectivity index (χ2n) is 2.27. The molecule has 0 fully saturated rings. The lowest BCUT2D eigenvalue weighted by atomic mass is 10.1. The summed E-state index contributed by atoms with van der Waals surface area (Å²) in [6.07, 6.45) is 0. The van der Waals surface area contributed by atoms with Crippen molar-refractivity contribution in [2.24, 2.45) is 0 Å². The summed E-state index contributed by atoms with van der Waals surface area (Å²) in [6, 6.07) is 1.87. The van der Waals surface area contributed by atoms with E-state index in [-0.39, 0.29) is 21.6 Å². The Morgan fingerprint density at radius 3 is 2.54 bits per heavy atom. The Morgan fingerprint density at radius 2 is 2.08 bits per heavy atom. The van der Waals surface area contributed by atoms with Gasteiger partial charge in [0.1, 0.15) is 16.4 Å². The molecule has 3 nitrogen and oxygen atoms in total. The van der Waals surface area contributed by atoms with E-state index in [0.717, 1.165) is 0 Å². The molecule has 0 saturated carbocycles. The van der Waals surface area contributed by atoms with E-state index in [1.807, 2.05) is 6.07 Å². The van der Waals surface area contributed by atoms with Gasteiger partial charge in [-0.1, -0.05) is 23.2 Å². The quantitative estimate of drug-likeness (QED) is 0.489. The molecular formula is C8H3Cl2N3. The average Bonchev–Trinajstić information content (AvgIpc) is 2.04. The second kappa shape index (κ2) is 3.62. The molecule has 1 heterocycles. The van der Waals surface area contributed by atoms with Crippen molar-refractivity contribution < 1.29 is 0 Å². The Balaban J connectivity index is 3.63. The van der Waals surface area contributed by atoms with Gasteiger partial charge in [0.25, 0.3) is 0 Å². The molecule has 0 atom stereocenters. The van der Waals surface area contributed by atoms with Crippen LogP contribution in [-0.4, -0.2) is 4.98 Å². The van der Waals surface area contributed by atoms with Crippen molar-refractivity contribution >= 4 is 28.9 Å². The number of pyridine rings is 1. The second-order valence-corrected chi connectivity index (χ2v) is 2.98. The molecule has 1 aromatic heterocycles. The van der Waals surface area contributed by atoms with Crippen LogP contribution in [0.5, 0.6) is 0 Å². The van der Waals surface area contributed by atoms with E-state index < -0.39 is 0 Å². The molecule has 0 radical (unpaired) electrons. The summed E-state index contributed by atoms with van der Waals surface area (Å²) in [4.78, 5) is 6.84. The van der Waals surface area contributed by atoms with Crippen molar-refractivity contribution in [2.45, 2.75) is 6.92 Å². The van der Waals surface area contributed by atoms with Gasteiger partial charge in [0.2, 0.25) is 5.69 Å². The fourth-order valence-corrected chi connectivity index (χ4v) is 1.46. The van der Waals surface area contributed by atoms with Crippen molar-refractivity contribution in [2.75, 3.05) is 0 Å². The molecular weight excluding hydrogens is 209 g/mol. The molecule has 0 aromatic carbocycles. The minimum atomic E-state index is 0.0384. The van der Waals surface area contributed by atoms with Gasteiger partial charge in [-0.2, -0.15) is 5.26 Å². The Morgan fingerprint density at radius 1 is 1.46 bits per heavy atom. The summed E-state index contributed by atoms with van der Waals surface area (Å²) >= 11 is 11.3. The molecule has 5 heteroatoms. The first-order valence-electron chi connectivity index (χ1n) is 3.25. The molecule has 0 spiro atoms. The Kier molecular flexibility index (Phi) is 2.72. The van der Waals surface area contributed by atoms with Gasteiger partial charge in [-0.3, -0.25) is 0 Å². The highest BCUT2D eigenvalue weighted by Gasteiger charge is 2.13. The summed E-state index contributed by atoms with van der Waals surface area (Å²) in [7, 11) is 0. The first-order valence-corrected chi connectivity index (χ1v) is 4.00. The van der Waals surface area contributed by atoms with Gasteiger partial charge in [0.05, 0.1) is 12.1 Å². The van der Waals surface area contributed by atoms with Crippen LogP contribution in [0.4, 0.5) is 5.69 Å². The number of hydrogen-bond donors (Lipinski definition) is 0. The van der Waals surface area contributed by atoms with Crippen LogP contribution in [0.3, 0.4) is 0 Å². The fourth-order valence-electron chi connectivity index (χ4n) is 0.883. The largest absolute Gasteiger partial charge is 0.235 e. The number of halogens is 2. The van der Waals surface area contributed by atoms with Gasteiger partial charge in [-0.15, -0.1) is 0 Å². The SMILES string of the molecule is [C-]#[N+]c1c(Cl)nc(Cl)c(C#N)c1C. The van der Waals surface area contributed by atoms with Gasteiger partial charge in [-0.25, -0.2) is 9.83 Å². The van der Waals surface area contributed by atoms with Crippen molar-refractivity contribution in [3.05, 3.63) is 32.9 Å². The zero-order chi connectivity index (χ0) is 10.0. The van der Waals surface area contributed by atoms with Crippen LogP contribution in [0.2, 0.25) is 10.3 Å². The van der Waals surface area contributed by atoms with Crippen molar-refractivity contribution in [1.29, 1.82) is 5.26 Å². The monoisotopic (exact) mass is 211 g/mol. The molecule has 13 heavy (non-hydrogen) atoms. The van der Waals surface area contributed by atoms with Crippen molar-refractivity contribution in [1.82, 2.24) is 4.98 Å². The van der Waals surface area contributed by atoms with E-state index in [1.165, 1.54) is 0 Å². The number of rotatable bonds is 0. The maximum Gasteiger partial charge on any atom is 0.227 e. The maximum absolute atomic E-state index is 8.69. The van der Waals surface area contributed by atoms with Crippen molar-refractivity contribution in [3.8, 4) is 6.07 Å². The number of nitrogens with zero attached hydrogens (tertiary/aromatic N) is 3. The lowest BCUT2D eigenvalue weighted by molar-refractivity contribution is 1.27. The average molecular weight is 212 g/mol. The Hall–Kier alpha value is -1.29. The van der Waals surface area contributed by atoms with Gasteiger partial charge >= 0.3 is 0 Å². The molecule has 0 amide bonds. The highest BCUT2D eigenvalue weighted by molar-refractivity contribution is 6.35. The van der Waals surface area contributed by atoms with Crippen LogP contribution in [0.15, 0.2) is 0 Å². The smallest absolute Gasteiger partial charge is 0.227 e. The van der Waals surface area contributed by atoms with Crippen LogP contribution in [0.1, 0.15) is 11.1 Å². The van der Waals surface area contributed by atoms with Crippen LogP contribution in [0, 0.1) is 24.8 Å². The first-order chi connectivity index (χ1) is 6.11. The molecule has 0 bridgehead atoms. The van der Waals surface area contributed by atoms with Gasteiger partial charge in [0.15, 0.2) is 0 Å².